The van der Waals surface area contributed by atoms with Gasteiger partial charge in [0.2, 0.25) is 5.95 Å². The highest BCUT2D eigenvalue weighted by Gasteiger charge is 2.37. The number of aliphatic hydroxyl groups is 1. The van der Waals surface area contributed by atoms with E-state index in [1.807, 2.05) is 4.90 Å². The van der Waals surface area contributed by atoms with Gasteiger partial charge in [0.1, 0.15) is 6.07 Å². The first-order chi connectivity index (χ1) is 18.0. The number of hydrogen-bond acceptors (Lipinski definition) is 11. The van der Waals surface area contributed by atoms with Crippen molar-refractivity contribution in [3.8, 4) is 12.1 Å². The third-order valence-electron chi connectivity index (χ3n) is 6.94. The first-order valence-electron chi connectivity index (χ1n) is 12.2. The molecule has 0 bridgehead atoms. The van der Waals surface area contributed by atoms with Crippen LogP contribution in [0.5, 0.6) is 0 Å². The minimum atomic E-state index is -0.552. The molecule has 1 aliphatic carbocycles. The third-order valence-corrected chi connectivity index (χ3v) is 7.34. The van der Waals surface area contributed by atoms with Gasteiger partial charge in [-0.2, -0.15) is 20.0 Å². The van der Waals surface area contributed by atoms with Gasteiger partial charge < -0.3 is 25.4 Å². The van der Waals surface area contributed by atoms with Gasteiger partial charge in [-0.3, -0.25) is 4.90 Å². The number of rotatable bonds is 6. The second kappa shape index (κ2) is 9.65. The lowest BCUT2D eigenvalue weighted by atomic mass is 10.1. The number of nitrogens with one attached hydrogen (secondary N) is 2. The molecule has 6 rings (SSSR count). The zero-order valence-corrected chi connectivity index (χ0v) is 20.7. The Bertz CT molecular complexity index is 1420. The first-order valence-corrected chi connectivity index (χ1v) is 12.6. The van der Waals surface area contributed by atoms with Gasteiger partial charge in [-0.1, -0.05) is 11.6 Å². The summed E-state index contributed by atoms with van der Waals surface area (Å²) in [4.78, 5) is 13.1. The summed E-state index contributed by atoms with van der Waals surface area (Å²) < 4.78 is 6.89. The van der Waals surface area contributed by atoms with Crippen LogP contribution in [0, 0.1) is 22.7 Å². The van der Waals surface area contributed by atoms with E-state index in [-0.39, 0.29) is 17.7 Å². The predicted octanol–water partition coefficient (Wildman–Crippen LogP) is 1.72. The minimum Gasteiger partial charge on any atom is -0.390 e. The van der Waals surface area contributed by atoms with E-state index in [9.17, 15) is 15.6 Å². The van der Waals surface area contributed by atoms with E-state index in [0.717, 1.165) is 25.9 Å². The smallest absolute Gasteiger partial charge is 0.247 e. The molecular weight excluding hydrogens is 496 g/mol. The Morgan fingerprint density at radius 2 is 1.95 bits per heavy atom. The highest BCUT2D eigenvalue weighted by Crippen LogP contribution is 2.38. The zero-order valence-electron chi connectivity index (χ0n) is 19.9. The second-order valence-corrected chi connectivity index (χ2v) is 9.85. The van der Waals surface area contributed by atoms with Crippen LogP contribution in [-0.2, 0) is 4.74 Å². The van der Waals surface area contributed by atoms with Crippen molar-refractivity contribution >= 4 is 40.4 Å². The molecule has 12 nitrogen and oxygen atoms in total. The molecule has 3 aliphatic rings. The number of hydrogen-bond donors (Lipinski definition) is 3. The van der Waals surface area contributed by atoms with E-state index < -0.39 is 6.10 Å². The van der Waals surface area contributed by atoms with Crippen molar-refractivity contribution < 1.29 is 9.84 Å². The number of anilines is 4. The van der Waals surface area contributed by atoms with E-state index in [1.54, 1.807) is 12.1 Å². The summed E-state index contributed by atoms with van der Waals surface area (Å²) in [5.41, 5.74) is 2.25. The average Bonchev–Trinajstić information content (AvgIpc) is 3.50. The van der Waals surface area contributed by atoms with Crippen molar-refractivity contribution in [2.45, 2.75) is 31.0 Å². The van der Waals surface area contributed by atoms with E-state index in [2.05, 4.69) is 42.7 Å². The molecule has 3 fully saturated rings. The van der Waals surface area contributed by atoms with Gasteiger partial charge in [-0.25, -0.2) is 4.98 Å². The minimum absolute atomic E-state index is 0.0467. The Balaban J connectivity index is 1.33. The molecule has 190 valence electrons. The lowest BCUT2D eigenvalue weighted by molar-refractivity contribution is -0.00588. The summed E-state index contributed by atoms with van der Waals surface area (Å²) in [5.74, 6) is 0.728. The lowest BCUT2D eigenvalue weighted by Crippen LogP contribution is -2.48. The van der Waals surface area contributed by atoms with Gasteiger partial charge in [0, 0.05) is 32.2 Å². The number of benzene rings is 1. The van der Waals surface area contributed by atoms with Crippen molar-refractivity contribution in [2.24, 2.45) is 0 Å². The molecule has 3 aromatic rings. The van der Waals surface area contributed by atoms with Crippen molar-refractivity contribution in [2.75, 3.05) is 54.9 Å². The summed E-state index contributed by atoms with van der Waals surface area (Å²) in [6.07, 6.45) is 2.98. The molecule has 4 heterocycles. The number of fused-ring (bicyclic) bond motifs is 1. The fourth-order valence-electron chi connectivity index (χ4n) is 4.88. The van der Waals surface area contributed by atoms with E-state index in [0.29, 0.717) is 65.8 Å². The molecule has 2 atom stereocenters. The van der Waals surface area contributed by atoms with Crippen LogP contribution in [0.25, 0.3) is 5.65 Å². The van der Waals surface area contributed by atoms with Gasteiger partial charge >= 0.3 is 0 Å². The highest BCUT2D eigenvalue weighted by molar-refractivity contribution is 6.36. The maximum absolute atomic E-state index is 10.8. The molecule has 0 radical (unpaired) electrons. The second-order valence-electron chi connectivity index (χ2n) is 9.48. The number of aromatic nitrogens is 4. The number of nitrogens with zero attached hydrogens (tertiary/aromatic N) is 8. The summed E-state index contributed by atoms with van der Waals surface area (Å²) in [7, 11) is 0. The normalized spacial score (nSPS) is 22.1. The van der Waals surface area contributed by atoms with Gasteiger partial charge in [0.15, 0.2) is 17.2 Å². The molecule has 0 unspecified atom stereocenters. The van der Waals surface area contributed by atoms with Gasteiger partial charge in [0.25, 0.3) is 0 Å². The van der Waals surface area contributed by atoms with Crippen LogP contribution in [0.3, 0.4) is 0 Å². The van der Waals surface area contributed by atoms with E-state index in [4.69, 9.17) is 16.3 Å². The molecule has 37 heavy (non-hydrogen) atoms. The average molecular weight is 521 g/mol. The Morgan fingerprint density at radius 3 is 2.68 bits per heavy atom. The number of ether oxygens (including phenoxy) is 1. The fraction of sp³-hybridized carbons (Fsp3) is 0.458. The number of β-amino-alcohol motifs (C(OH)–C–C–N with tert-alkyl or cyclic N) is 1. The molecule has 0 amide bonds. The number of morpholine rings is 1. The standard InChI is InChI=1S/C24H25ClN10O2/c25-21-17(30-24-31-22(29-15-1-2-15)23-28-11-16(10-27)35(23)32-24)7-14(9-26)8-18(21)34-12-19(20(36)13-34)33-3-5-37-6-4-33/h7-8,11,15,19-20,36H,1-6,12-13H2,(H2,29,30,31,32)/t19-,20-/m1/s1. The van der Waals surface area contributed by atoms with Crippen molar-refractivity contribution in [1.29, 1.82) is 10.5 Å². The summed E-state index contributed by atoms with van der Waals surface area (Å²) in [6, 6.07) is 7.92. The highest BCUT2D eigenvalue weighted by atomic mass is 35.5. The molecule has 1 saturated carbocycles. The third kappa shape index (κ3) is 4.61. The Kier molecular flexibility index (Phi) is 6.18. The van der Waals surface area contributed by atoms with Gasteiger partial charge in [-0.15, -0.1) is 5.10 Å². The topological polar surface area (TPSA) is 151 Å². The molecule has 13 heteroatoms. The molecule has 0 spiro atoms. The van der Waals surface area contributed by atoms with Crippen LogP contribution in [0.1, 0.15) is 24.1 Å². The summed E-state index contributed by atoms with van der Waals surface area (Å²) in [5, 5.41) is 41.4. The molecule has 2 saturated heterocycles. The number of aliphatic hydroxyl groups excluding tert-OH is 1. The van der Waals surface area contributed by atoms with Crippen LogP contribution >= 0.6 is 11.6 Å². The molecule has 2 aliphatic heterocycles. The van der Waals surface area contributed by atoms with Crippen LogP contribution in [0.2, 0.25) is 5.02 Å². The molecular formula is C24H25ClN10O2. The number of imidazole rings is 1. The van der Waals surface area contributed by atoms with Crippen LogP contribution in [0.4, 0.5) is 23.1 Å². The summed E-state index contributed by atoms with van der Waals surface area (Å²) >= 11 is 6.87. The van der Waals surface area contributed by atoms with Crippen LogP contribution in [0.15, 0.2) is 18.3 Å². The van der Waals surface area contributed by atoms with Crippen LogP contribution < -0.4 is 15.5 Å². The summed E-state index contributed by atoms with van der Waals surface area (Å²) in [6.45, 7) is 3.81. The van der Waals surface area contributed by atoms with E-state index in [1.165, 1.54) is 10.7 Å². The molecule has 2 aromatic heterocycles. The van der Waals surface area contributed by atoms with Crippen LogP contribution in [-0.4, -0.2) is 87.2 Å². The SMILES string of the molecule is N#Cc1cc(Nc2nc(NC3CC3)c3ncc(C#N)n3n2)c(Cl)c(N2C[C@@H](O)[C@H](N3CCOCC3)C2)c1. The lowest BCUT2D eigenvalue weighted by Gasteiger charge is -2.33. The largest absolute Gasteiger partial charge is 0.390 e. The Morgan fingerprint density at radius 1 is 1.14 bits per heavy atom. The molecule has 1 aromatic carbocycles. The Hall–Kier alpha value is -3.68. The predicted molar refractivity (Wildman–Crippen MR) is 136 cm³/mol. The monoisotopic (exact) mass is 520 g/mol. The quantitative estimate of drug-likeness (QED) is 0.435. The van der Waals surface area contributed by atoms with Crippen molar-refractivity contribution in [1.82, 2.24) is 24.5 Å². The van der Waals surface area contributed by atoms with Gasteiger partial charge in [0.05, 0.1) is 59.6 Å². The Labute approximate surface area is 218 Å². The maximum Gasteiger partial charge on any atom is 0.247 e. The fourth-order valence-corrected chi connectivity index (χ4v) is 5.15. The molecule has 3 N–H and O–H groups in total. The zero-order chi connectivity index (χ0) is 25.5. The van der Waals surface area contributed by atoms with Crippen molar-refractivity contribution in [3.63, 3.8) is 0 Å². The maximum atomic E-state index is 10.8. The number of nitriles is 2. The van der Waals surface area contributed by atoms with Gasteiger partial charge in [-0.05, 0) is 25.0 Å². The van der Waals surface area contributed by atoms with Crippen molar-refractivity contribution in [3.05, 3.63) is 34.6 Å². The first kappa shape index (κ1) is 23.7. The number of halogens is 1. The van der Waals surface area contributed by atoms with E-state index >= 15 is 0 Å².